The van der Waals surface area contributed by atoms with Crippen LogP contribution in [0.4, 0.5) is 0 Å². The quantitative estimate of drug-likeness (QED) is 0.680. The Bertz CT molecular complexity index is 627. The minimum absolute atomic E-state index is 0.0844. The Morgan fingerprint density at radius 2 is 2.05 bits per heavy atom. The first-order chi connectivity index (χ1) is 10.6. The zero-order valence-electron chi connectivity index (χ0n) is 11.8. The monoisotopic (exact) mass is 304 g/mol. The summed E-state index contributed by atoms with van der Waals surface area (Å²) >= 11 is 0. The number of carboxylic acids is 1. The van der Waals surface area contributed by atoms with Crippen LogP contribution in [0.2, 0.25) is 0 Å². The van der Waals surface area contributed by atoms with Gasteiger partial charge < -0.3 is 15.2 Å². The fourth-order valence-corrected chi connectivity index (χ4v) is 1.70. The van der Waals surface area contributed by atoms with Gasteiger partial charge in [0.05, 0.1) is 19.4 Å². The number of benzene rings is 1. The summed E-state index contributed by atoms with van der Waals surface area (Å²) in [7, 11) is 0. The van der Waals surface area contributed by atoms with Crippen molar-refractivity contribution >= 4 is 11.9 Å². The van der Waals surface area contributed by atoms with Crippen molar-refractivity contribution in [1.29, 1.82) is 0 Å². The second-order valence-electron chi connectivity index (χ2n) is 4.49. The predicted molar refractivity (Wildman–Crippen MR) is 76.1 cm³/mol. The summed E-state index contributed by atoms with van der Waals surface area (Å²) in [5, 5.41) is 18.3. The van der Waals surface area contributed by atoms with Gasteiger partial charge >= 0.3 is 5.97 Å². The molecule has 0 fully saturated rings. The van der Waals surface area contributed by atoms with Crippen molar-refractivity contribution in [3.8, 4) is 0 Å². The lowest BCUT2D eigenvalue weighted by atomic mass is 10.2. The number of carboxylic acid groups (broad SMARTS) is 1. The predicted octanol–water partition coefficient (Wildman–Crippen LogP) is 0.309. The Labute approximate surface area is 126 Å². The van der Waals surface area contributed by atoms with Crippen LogP contribution < -0.4 is 5.32 Å². The molecule has 0 unspecified atom stereocenters. The van der Waals surface area contributed by atoms with Crippen molar-refractivity contribution in [1.82, 2.24) is 20.3 Å². The standard InChI is InChI=1S/C14H16N4O4/c19-13(9-18-8-12(14(20)21)16-17-18)15-6-7-22-10-11-4-2-1-3-5-11/h1-5,8H,6-7,9-10H2,(H,15,19)(H,20,21). The molecule has 0 aliphatic rings. The van der Waals surface area contributed by atoms with Crippen molar-refractivity contribution in [2.75, 3.05) is 13.2 Å². The minimum Gasteiger partial charge on any atom is -0.476 e. The van der Waals surface area contributed by atoms with Crippen LogP contribution in [0.1, 0.15) is 16.1 Å². The Morgan fingerprint density at radius 3 is 2.73 bits per heavy atom. The highest BCUT2D eigenvalue weighted by atomic mass is 16.5. The number of carbonyl (C=O) groups is 2. The average Bonchev–Trinajstić information content (AvgIpc) is 2.96. The summed E-state index contributed by atoms with van der Waals surface area (Å²) in [5.41, 5.74) is 0.872. The van der Waals surface area contributed by atoms with Crippen molar-refractivity contribution in [3.05, 3.63) is 47.8 Å². The minimum atomic E-state index is -1.18. The highest BCUT2D eigenvalue weighted by molar-refractivity contribution is 5.84. The fraction of sp³-hybridized carbons (Fsp3) is 0.286. The molecule has 0 saturated heterocycles. The number of rotatable bonds is 8. The molecule has 2 N–H and O–H groups in total. The van der Waals surface area contributed by atoms with Crippen molar-refractivity contribution in [2.45, 2.75) is 13.2 Å². The highest BCUT2D eigenvalue weighted by Crippen LogP contribution is 1.99. The molecule has 1 heterocycles. The van der Waals surface area contributed by atoms with Gasteiger partial charge in [0.25, 0.3) is 0 Å². The van der Waals surface area contributed by atoms with Crippen LogP contribution in [-0.2, 0) is 22.7 Å². The molecule has 1 aromatic carbocycles. The number of hydrogen-bond acceptors (Lipinski definition) is 5. The smallest absolute Gasteiger partial charge is 0.358 e. The molecule has 0 aliphatic carbocycles. The van der Waals surface area contributed by atoms with Gasteiger partial charge in [0.1, 0.15) is 6.54 Å². The molecule has 22 heavy (non-hydrogen) atoms. The Balaban J connectivity index is 1.62. The van der Waals surface area contributed by atoms with Gasteiger partial charge in [-0.05, 0) is 5.56 Å². The van der Waals surface area contributed by atoms with Gasteiger partial charge in [-0.1, -0.05) is 35.5 Å². The molecule has 8 heteroatoms. The van der Waals surface area contributed by atoms with E-state index in [1.807, 2.05) is 30.3 Å². The van der Waals surface area contributed by atoms with E-state index in [1.54, 1.807) is 0 Å². The van der Waals surface area contributed by atoms with E-state index < -0.39 is 5.97 Å². The number of aromatic nitrogens is 3. The maximum absolute atomic E-state index is 11.6. The third kappa shape index (κ3) is 4.98. The maximum atomic E-state index is 11.6. The molecular formula is C14H16N4O4. The average molecular weight is 304 g/mol. The summed E-state index contributed by atoms with van der Waals surface area (Å²) in [6.07, 6.45) is 1.20. The van der Waals surface area contributed by atoms with Gasteiger partial charge in [0, 0.05) is 6.54 Å². The van der Waals surface area contributed by atoms with Crippen LogP contribution in [0, 0.1) is 0 Å². The van der Waals surface area contributed by atoms with Gasteiger partial charge in [-0.2, -0.15) is 0 Å². The summed E-state index contributed by atoms with van der Waals surface area (Å²) in [6, 6.07) is 9.73. The molecule has 2 rings (SSSR count). The van der Waals surface area contributed by atoms with Gasteiger partial charge in [0.15, 0.2) is 5.69 Å². The van der Waals surface area contributed by atoms with E-state index in [0.717, 1.165) is 5.56 Å². The number of carbonyl (C=O) groups excluding carboxylic acids is 1. The van der Waals surface area contributed by atoms with Gasteiger partial charge in [0.2, 0.25) is 5.91 Å². The number of nitrogens with zero attached hydrogens (tertiary/aromatic N) is 3. The van der Waals surface area contributed by atoms with Crippen LogP contribution >= 0.6 is 0 Å². The lowest BCUT2D eigenvalue weighted by Crippen LogP contribution is -2.30. The van der Waals surface area contributed by atoms with Crippen molar-refractivity contribution < 1.29 is 19.4 Å². The van der Waals surface area contributed by atoms with Crippen LogP contribution in [0.15, 0.2) is 36.5 Å². The lowest BCUT2D eigenvalue weighted by molar-refractivity contribution is -0.122. The Kier molecular flexibility index (Phi) is 5.61. The first kappa shape index (κ1) is 15.6. The number of amides is 1. The zero-order chi connectivity index (χ0) is 15.8. The molecule has 1 amide bonds. The summed E-state index contributed by atoms with van der Waals surface area (Å²) in [5.74, 6) is -1.47. The van der Waals surface area contributed by atoms with E-state index in [4.69, 9.17) is 9.84 Å². The Morgan fingerprint density at radius 1 is 1.27 bits per heavy atom. The second kappa shape index (κ2) is 7.89. The molecular weight excluding hydrogens is 288 g/mol. The Hall–Kier alpha value is -2.74. The van der Waals surface area contributed by atoms with Crippen molar-refractivity contribution in [2.24, 2.45) is 0 Å². The van der Waals surface area contributed by atoms with E-state index in [2.05, 4.69) is 15.6 Å². The van der Waals surface area contributed by atoms with E-state index in [9.17, 15) is 9.59 Å². The van der Waals surface area contributed by atoms with Crippen LogP contribution in [0.3, 0.4) is 0 Å². The first-order valence-electron chi connectivity index (χ1n) is 6.67. The van der Waals surface area contributed by atoms with Crippen LogP contribution in [-0.4, -0.2) is 45.1 Å². The second-order valence-corrected chi connectivity index (χ2v) is 4.49. The number of nitrogens with one attached hydrogen (secondary N) is 1. The molecule has 1 aromatic heterocycles. The van der Waals surface area contributed by atoms with E-state index in [1.165, 1.54) is 10.9 Å². The van der Waals surface area contributed by atoms with Crippen molar-refractivity contribution in [3.63, 3.8) is 0 Å². The number of hydrogen-bond donors (Lipinski definition) is 2. The first-order valence-corrected chi connectivity index (χ1v) is 6.67. The SMILES string of the molecule is O=C(Cn1cc(C(=O)O)nn1)NCCOCc1ccccc1. The molecule has 8 nitrogen and oxygen atoms in total. The molecule has 0 bridgehead atoms. The molecule has 0 saturated carbocycles. The van der Waals surface area contributed by atoms with Gasteiger partial charge in [-0.15, -0.1) is 5.10 Å². The van der Waals surface area contributed by atoms with Crippen LogP contribution in [0.5, 0.6) is 0 Å². The number of ether oxygens (including phenoxy) is 1. The summed E-state index contributed by atoms with van der Waals surface area (Å²) in [6.45, 7) is 1.16. The largest absolute Gasteiger partial charge is 0.476 e. The zero-order valence-corrected chi connectivity index (χ0v) is 11.8. The molecule has 0 aliphatic heterocycles. The highest BCUT2D eigenvalue weighted by Gasteiger charge is 2.10. The number of aromatic carboxylic acids is 1. The van der Waals surface area contributed by atoms with E-state index in [0.29, 0.717) is 19.8 Å². The molecule has 0 atom stereocenters. The molecule has 0 radical (unpaired) electrons. The van der Waals surface area contributed by atoms with E-state index >= 15 is 0 Å². The summed E-state index contributed by atoms with van der Waals surface area (Å²) in [4.78, 5) is 22.3. The normalized spacial score (nSPS) is 10.4. The third-order valence-corrected chi connectivity index (χ3v) is 2.74. The molecule has 116 valence electrons. The molecule has 0 spiro atoms. The van der Waals surface area contributed by atoms with Gasteiger partial charge in [-0.25, -0.2) is 9.48 Å². The van der Waals surface area contributed by atoms with E-state index in [-0.39, 0.29) is 18.1 Å². The third-order valence-electron chi connectivity index (χ3n) is 2.74. The fourth-order valence-electron chi connectivity index (χ4n) is 1.70. The molecule has 2 aromatic rings. The lowest BCUT2D eigenvalue weighted by Gasteiger charge is -2.06. The maximum Gasteiger partial charge on any atom is 0.358 e. The van der Waals surface area contributed by atoms with Crippen LogP contribution in [0.25, 0.3) is 0 Å². The summed E-state index contributed by atoms with van der Waals surface area (Å²) < 4.78 is 6.60. The topological polar surface area (TPSA) is 106 Å². The van der Waals surface area contributed by atoms with Gasteiger partial charge in [-0.3, -0.25) is 4.79 Å².